The van der Waals surface area contributed by atoms with Crippen LogP contribution in [0.2, 0.25) is 0 Å². The SMILES string of the molecule is CN(C(=O)Nc1ccccc1C(F)(F)F)[C@H](CCO)c1ccccc1. The van der Waals surface area contributed by atoms with Crippen molar-refractivity contribution in [1.82, 2.24) is 4.90 Å². The Morgan fingerprint density at radius 3 is 2.32 bits per heavy atom. The summed E-state index contributed by atoms with van der Waals surface area (Å²) in [5.74, 6) is 0. The first-order chi connectivity index (χ1) is 11.8. The number of rotatable bonds is 5. The van der Waals surface area contributed by atoms with Gasteiger partial charge in [0.05, 0.1) is 17.3 Å². The minimum absolute atomic E-state index is 0.156. The molecular formula is C18H19F3N2O2. The third-order valence-electron chi connectivity index (χ3n) is 3.85. The average Bonchev–Trinajstić information content (AvgIpc) is 2.59. The molecule has 0 unspecified atom stereocenters. The van der Waals surface area contributed by atoms with E-state index in [1.54, 1.807) is 24.3 Å². The molecule has 2 amide bonds. The standard InChI is InChI=1S/C18H19F3N2O2/c1-23(16(11-12-24)13-7-3-2-4-8-13)17(25)22-15-10-6-5-9-14(15)18(19,20)21/h2-10,16,24H,11-12H2,1H3,(H,22,25)/t16-/m1/s1. The van der Waals surface area contributed by atoms with Gasteiger partial charge >= 0.3 is 12.2 Å². The van der Waals surface area contributed by atoms with Crippen LogP contribution in [0.4, 0.5) is 23.7 Å². The number of halogens is 3. The van der Waals surface area contributed by atoms with E-state index < -0.39 is 23.8 Å². The molecule has 0 aromatic heterocycles. The fourth-order valence-electron chi connectivity index (χ4n) is 2.57. The number of aliphatic hydroxyl groups excluding tert-OH is 1. The van der Waals surface area contributed by atoms with E-state index in [1.165, 1.54) is 30.1 Å². The largest absolute Gasteiger partial charge is 0.418 e. The van der Waals surface area contributed by atoms with Gasteiger partial charge in [-0.15, -0.1) is 0 Å². The molecule has 0 heterocycles. The van der Waals surface area contributed by atoms with E-state index in [2.05, 4.69) is 5.32 Å². The van der Waals surface area contributed by atoms with Gasteiger partial charge in [0, 0.05) is 13.7 Å². The number of hydrogen-bond donors (Lipinski definition) is 2. The highest BCUT2D eigenvalue weighted by Crippen LogP contribution is 2.35. The van der Waals surface area contributed by atoms with E-state index in [-0.39, 0.29) is 18.7 Å². The molecule has 2 N–H and O–H groups in total. The number of hydrogen-bond acceptors (Lipinski definition) is 2. The highest BCUT2D eigenvalue weighted by Gasteiger charge is 2.34. The minimum Gasteiger partial charge on any atom is -0.396 e. The number of para-hydroxylation sites is 1. The van der Waals surface area contributed by atoms with E-state index in [1.807, 2.05) is 6.07 Å². The molecule has 2 aromatic carbocycles. The Bertz CT molecular complexity index is 705. The Hall–Kier alpha value is -2.54. The van der Waals surface area contributed by atoms with E-state index in [0.29, 0.717) is 0 Å². The summed E-state index contributed by atoms with van der Waals surface area (Å²) in [4.78, 5) is 13.7. The number of benzene rings is 2. The fraction of sp³-hybridized carbons (Fsp3) is 0.278. The Morgan fingerprint density at radius 1 is 1.12 bits per heavy atom. The van der Waals surface area contributed by atoms with Crippen molar-refractivity contribution in [3.63, 3.8) is 0 Å². The van der Waals surface area contributed by atoms with Gasteiger partial charge in [-0.2, -0.15) is 13.2 Å². The monoisotopic (exact) mass is 352 g/mol. The zero-order valence-corrected chi connectivity index (χ0v) is 13.6. The normalized spacial score (nSPS) is 12.5. The van der Waals surface area contributed by atoms with Gasteiger partial charge in [0.1, 0.15) is 0 Å². The van der Waals surface area contributed by atoms with E-state index >= 15 is 0 Å². The Labute approximate surface area is 143 Å². The van der Waals surface area contributed by atoms with Crippen LogP contribution >= 0.6 is 0 Å². The predicted octanol–water partition coefficient (Wildman–Crippen LogP) is 4.29. The van der Waals surface area contributed by atoms with Crippen LogP contribution in [0, 0.1) is 0 Å². The lowest BCUT2D eigenvalue weighted by atomic mass is 10.0. The molecular weight excluding hydrogens is 333 g/mol. The summed E-state index contributed by atoms with van der Waals surface area (Å²) in [5.41, 5.74) is -0.420. The lowest BCUT2D eigenvalue weighted by Gasteiger charge is -2.29. The number of amides is 2. The van der Waals surface area contributed by atoms with Gasteiger partial charge in [0.25, 0.3) is 0 Å². The van der Waals surface area contributed by atoms with Crippen molar-refractivity contribution in [2.75, 3.05) is 19.0 Å². The lowest BCUT2D eigenvalue weighted by molar-refractivity contribution is -0.136. The summed E-state index contributed by atoms with van der Waals surface area (Å²) in [6, 6.07) is 12.7. The summed E-state index contributed by atoms with van der Waals surface area (Å²) in [6.07, 6.45) is -4.29. The highest BCUT2D eigenvalue weighted by molar-refractivity contribution is 5.90. The molecule has 134 valence electrons. The number of alkyl halides is 3. The molecule has 0 spiro atoms. The van der Waals surface area contributed by atoms with E-state index in [9.17, 15) is 23.1 Å². The molecule has 0 aliphatic heterocycles. The van der Waals surface area contributed by atoms with Crippen LogP contribution in [0.15, 0.2) is 54.6 Å². The van der Waals surface area contributed by atoms with Crippen molar-refractivity contribution in [1.29, 1.82) is 0 Å². The smallest absolute Gasteiger partial charge is 0.396 e. The highest BCUT2D eigenvalue weighted by atomic mass is 19.4. The second-order valence-electron chi connectivity index (χ2n) is 5.52. The van der Waals surface area contributed by atoms with Crippen LogP contribution in [-0.2, 0) is 6.18 Å². The van der Waals surface area contributed by atoms with Crippen LogP contribution in [0.3, 0.4) is 0 Å². The number of aliphatic hydroxyl groups is 1. The van der Waals surface area contributed by atoms with Crippen LogP contribution in [-0.4, -0.2) is 29.7 Å². The summed E-state index contributed by atoms with van der Waals surface area (Å²) in [5, 5.41) is 11.6. The number of carbonyl (C=O) groups is 1. The molecule has 0 saturated heterocycles. The second kappa shape index (κ2) is 8.02. The van der Waals surface area contributed by atoms with Crippen LogP contribution in [0.5, 0.6) is 0 Å². The van der Waals surface area contributed by atoms with E-state index in [0.717, 1.165) is 11.6 Å². The quantitative estimate of drug-likeness (QED) is 0.843. The molecule has 1 atom stereocenters. The Balaban J connectivity index is 2.22. The molecule has 0 bridgehead atoms. The first-order valence-corrected chi connectivity index (χ1v) is 7.70. The van der Waals surface area contributed by atoms with Crippen LogP contribution < -0.4 is 5.32 Å². The molecule has 0 aliphatic carbocycles. The van der Waals surface area contributed by atoms with Crippen molar-refractivity contribution >= 4 is 11.7 Å². The van der Waals surface area contributed by atoms with Crippen molar-refractivity contribution in [3.8, 4) is 0 Å². The molecule has 2 aromatic rings. The average molecular weight is 352 g/mol. The first kappa shape index (κ1) is 18.8. The molecule has 4 nitrogen and oxygen atoms in total. The molecule has 7 heteroatoms. The number of urea groups is 1. The molecule has 25 heavy (non-hydrogen) atoms. The topological polar surface area (TPSA) is 52.6 Å². The summed E-state index contributed by atoms with van der Waals surface area (Å²) in [7, 11) is 1.48. The predicted molar refractivity (Wildman–Crippen MR) is 89.1 cm³/mol. The summed E-state index contributed by atoms with van der Waals surface area (Å²) < 4.78 is 39.1. The van der Waals surface area contributed by atoms with Crippen molar-refractivity contribution in [2.45, 2.75) is 18.6 Å². The third-order valence-corrected chi connectivity index (χ3v) is 3.85. The van der Waals surface area contributed by atoms with Crippen LogP contribution in [0.25, 0.3) is 0 Å². The molecule has 0 fully saturated rings. The van der Waals surface area contributed by atoms with Crippen molar-refractivity contribution in [3.05, 3.63) is 65.7 Å². The van der Waals surface area contributed by atoms with Crippen LogP contribution in [0.1, 0.15) is 23.6 Å². The van der Waals surface area contributed by atoms with Gasteiger partial charge in [-0.05, 0) is 24.1 Å². The maximum atomic E-state index is 13.0. The van der Waals surface area contributed by atoms with Gasteiger partial charge in [0.15, 0.2) is 0 Å². The number of nitrogens with zero attached hydrogens (tertiary/aromatic N) is 1. The van der Waals surface area contributed by atoms with Gasteiger partial charge in [-0.1, -0.05) is 42.5 Å². The second-order valence-corrected chi connectivity index (χ2v) is 5.52. The molecule has 0 saturated carbocycles. The zero-order valence-electron chi connectivity index (χ0n) is 13.6. The lowest BCUT2D eigenvalue weighted by Crippen LogP contribution is -2.35. The molecule has 0 radical (unpaired) electrons. The maximum Gasteiger partial charge on any atom is 0.418 e. The van der Waals surface area contributed by atoms with Crippen molar-refractivity contribution < 1.29 is 23.1 Å². The molecule has 2 rings (SSSR count). The third kappa shape index (κ3) is 4.73. The van der Waals surface area contributed by atoms with Gasteiger partial charge in [-0.25, -0.2) is 4.79 Å². The number of carbonyl (C=O) groups excluding carboxylic acids is 1. The van der Waals surface area contributed by atoms with Gasteiger partial charge in [0.2, 0.25) is 0 Å². The minimum atomic E-state index is -4.56. The Kier molecular flexibility index (Phi) is 6.03. The number of anilines is 1. The number of nitrogens with one attached hydrogen (secondary N) is 1. The summed E-state index contributed by atoms with van der Waals surface area (Å²) >= 11 is 0. The van der Waals surface area contributed by atoms with Gasteiger partial charge in [-0.3, -0.25) is 0 Å². The summed E-state index contributed by atoms with van der Waals surface area (Å²) in [6.45, 7) is -0.156. The first-order valence-electron chi connectivity index (χ1n) is 7.70. The van der Waals surface area contributed by atoms with Gasteiger partial charge < -0.3 is 15.3 Å². The Morgan fingerprint density at radius 2 is 1.72 bits per heavy atom. The molecule has 0 aliphatic rings. The fourth-order valence-corrected chi connectivity index (χ4v) is 2.57. The maximum absolute atomic E-state index is 13.0. The van der Waals surface area contributed by atoms with E-state index in [4.69, 9.17) is 0 Å². The zero-order chi connectivity index (χ0) is 18.4. The van der Waals surface area contributed by atoms with Crippen molar-refractivity contribution in [2.24, 2.45) is 0 Å².